The number of carbonyl (C=O) groups excluding carboxylic acids is 2. The van der Waals surface area contributed by atoms with Crippen molar-refractivity contribution >= 4 is 17.5 Å². The number of nitrogens with zero attached hydrogens (tertiary/aromatic N) is 2. The fourth-order valence-corrected chi connectivity index (χ4v) is 3.33. The number of amides is 2. The van der Waals surface area contributed by atoms with Gasteiger partial charge >= 0.3 is 0 Å². The standard InChI is InChI=1S/C21H22N2O5/c24-20(15-27-16-6-2-1-3-7-16)23-14-19(21(25)22-10-12-26-13-11-22)28-18-9-5-4-8-17(18)23/h1-9,19H,10-15H2/t19-/m1/s1. The predicted molar refractivity (Wildman–Crippen MR) is 103 cm³/mol. The molecule has 4 rings (SSSR count). The van der Waals surface area contributed by atoms with Crippen LogP contribution in [0.2, 0.25) is 0 Å². The van der Waals surface area contributed by atoms with Gasteiger partial charge in [-0.3, -0.25) is 9.59 Å². The highest BCUT2D eigenvalue weighted by atomic mass is 16.5. The van der Waals surface area contributed by atoms with E-state index in [0.717, 1.165) is 0 Å². The fraction of sp³-hybridized carbons (Fsp3) is 0.333. The van der Waals surface area contributed by atoms with Crippen molar-refractivity contribution in [2.45, 2.75) is 6.10 Å². The molecule has 7 nitrogen and oxygen atoms in total. The minimum atomic E-state index is -0.742. The molecule has 28 heavy (non-hydrogen) atoms. The molecule has 0 unspecified atom stereocenters. The number of hydrogen-bond acceptors (Lipinski definition) is 5. The van der Waals surface area contributed by atoms with Crippen molar-refractivity contribution in [1.29, 1.82) is 0 Å². The van der Waals surface area contributed by atoms with Crippen LogP contribution in [0.15, 0.2) is 54.6 Å². The summed E-state index contributed by atoms with van der Waals surface area (Å²) >= 11 is 0. The number of anilines is 1. The number of fused-ring (bicyclic) bond motifs is 1. The van der Waals surface area contributed by atoms with Gasteiger partial charge in [-0.05, 0) is 24.3 Å². The van der Waals surface area contributed by atoms with Crippen molar-refractivity contribution in [2.24, 2.45) is 0 Å². The SMILES string of the molecule is O=C([C@H]1CN(C(=O)COc2ccccc2)c2ccccc2O1)N1CCOCC1. The van der Waals surface area contributed by atoms with Gasteiger partial charge in [-0.1, -0.05) is 30.3 Å². The second kappa shape index (κ2) is 8.31. The lowest BCUT2D eigenvalue weighted by Crippen LogP contribution is -2.54. The van der Waals surface area contributed by atoms with Gasteiger partial charge in [-0.2, -0.15) is 0 Å². The van der Waals surface area contributed by atoms with Gasteiger partial charge in [0, 0.05) is 13.1 Å². The normalized spacial score (nSPS) is 18.8. The first kappa shape index (κ1) is 18.3. The number of para-hydroxylation sites is 3. The summed E-state index contributed by atoms with van der Waals surface area (Å²) in [6.07, 6.45) is -0.742. The molecule has 0 aliphatic carbocycles. The maximum atomic E-state index is 12.9. The number of morpholine rings is 1. The molecule has 2 heterocycles. The van der Waals surface area contributed by atoms with Crippen LogP contribution in [0.5, 0.6) is 11.5 Å². The number of hydrogen-bond donors (Lipinski definition) is 0. The first-order valence-corrected chi connectivity index (χ1v) is 9.33. The minimum absolute atomic E-state index is 0.114. The summed E-state index contributed by atoms with van der Waals surface area (Å²) in [5.41, 5.74) is 0.648. The third-order valence-electron chi connectivity index (χ3n) is 4.78. The predicted octanol–water partition coefficient (Wildman–Crippen LogP) is 1.72. The van der Waals surface area contributed by atoms with Crippen LogP contribution >= 0.6 is 0 Å². The number of benzene rings is 2. The first-order valence-electron chi connectivity index (χ1n) is 9.33. The molecule has 1 fully saturated rings. The molecule has 2 aromatic carbocycles. The van der Waals surface area contributed by atoms with E-state index in [2.05, 4.69) is 0 Å². The van der Waals surface area contributed by atoms with Crippen molar-refractivity contribution < 1.29 is 23.8 Å². The molecule has 0 saturated carbocycles. The average molecular weight is 382 g/mol. The van der Waals surface area contributed by atoms with Gasteiger partial charge in [0.1, 0.15) is 11.5 Å². The third-order valence-corrected chi connectivity index (χ3v) is 4.78. The zero-order chi connectivity index (χ0) is 19.3. The quantitative estimate of drug-likeness (QED) is 0.806. The second-order valence-corrected chi connectivity index (χ2v) is 6.62. The Hall–Kier alpha value is -3.06. The number of rotatable bonds is 4. The molecule has 2 aliphatic rings. The summed E-state index contributed by atoms with van der Waals surface area (Å²) in [6, 6.07) is 16.4. The molecule has 1 saturated heterocycles. The van der Waals surface area contributed by atoms with E-state index in [1.807, 2.05) is 36.4 Å². The van der Waals surface area contributed by atoms with Crippen LogP contribution < -0.4 is 14.4 Å². The highest BCUT2D eigenvalue weighted by Gasteiger charge is 2.36. The molecule has 146 valence electrons. The van der Waals surface area contributed by atoms with E-state index in [0.29, 0.717) is 43.5 Å². The van der Waals surface area contributed by atoms with Gasteiger partial charge in [0.15, 0.2) is 12.7 Å². The Morgan fingerprint density at radius 1 is 1.00 bits per heavy atom. The van der Waals surface area contributed by atoms with E-state index >= 15 is 0 Å². The number of carbonyl (C=O) groups is 2. The zero-order valence-electron chi connectivity index (χ0n) is 15.5. The molecule has 7 heteroatoms. The molecule has 2 aliphatic heterocycles. The van der Waals surface area contributed by atoms with Crippen LogP contribution in [-0.4, -0.2) is 62.3 Å². The van der Waals surface area contributed by atoms with Crippen LogP contribution in [0.1, 0.15) is 0 Å². The lowest BCUT2D eigenvalue weighted by molar-refractivity contribution is -0.142. The van der Waals surface area contributed by atoms with Crippen LogP contribution in [0.3, 0.4) is 0 Å². The van der Waals surface area contributed by atoms with E-state index in [4.69, 9.17) is 14.2 Å². The maximum absolute atomic E-state index is 12.9. The molecular weight excluding hydrogens is 360 g/mol. The van der Waals surface area contributed by atoms with E-state index in [9.17, 15) is 9.59 Å². The Labute approximate surface area is 163 Å². The summed E-state index contributed by atoms with van der Waals surface area (Å²) in [4.78, 5) is 29.1. The van der Waals surface area contributed by atoms with E-state index in [1.165, 1.54) is 0 Å². The van der Waals surface area contributed by atoms with Crippen molar-refractivity contribution in [1.82, 2.24) is 4.90 Å². The lowest BCUT2D eigenvalue weighted by atomic mass is 10.1. The Balaban J connectivity index is 1.50. The Bertz CT molecular complexity index is 836. The smallest absolute Gasteiger partial charge is 0.265 e. The molecule has 2 aromatic rings. The molecule has 0 bridgehead atoms. The average Bonchev–Trinajstić information content (AvgIpc) is 2.77. The molecule has 0 N–H and O–H groups in total. The largest absolute Gasteiger partial charge is 0.484 e. The van der Waals surface area contributed by atoms with Gasteiger partial charge in [-0.15, -0.1) is 0 Å². The highest BCUT2D eigenvalue weighted by Crippen LogP contribution is 2.33. The summed E-state index contributed by atoms with van der Waals surface area (Å²) in [6.45, 7) is 2.14. The fourth-order valence-electron chi connectivity index (χ4n) is 3.33. The third kappa shape index (κ3) is 3.94. The molecular formula is C21H22N2O5. The van der Waals surface area contributed by atoms with Crippen molar-refractivity contribution in [3.8, 4) is 11.5 Å². The molecule has 0 radical (unpaired) electrons. The van der Waals surface area contributed by atoms with Crippen molar-refractivity contribution in [3.63, 3.8) is 0 Å². The molecule has 0 spiro atoms. The van der Waals surface area contributed by atoms with Crippen LogP contribution in [0.25, 0.3) is 0 Å². The topological polar surface area (TPSA) is 68.3 Å². The maximum Gasteiger partial charge on any atom is 0.265 e. The van der Waals surface area contributed by atoms with Crippen LogP contribution in [0, 0.1) is 0 Å². The molecule has 2 amide bonds. The Kier molecular flexibility index (Phi) is 5.43. The van der Waals surface area contributed by atoms with Crippen molar-refractivity contribution in [2.75, 3.05) is 44.4 Å². The van der Waals surface area contributed by atoms with E-state index in [-0.39, 0.29) is 25.0 Å². The monoisotopic (exact) mass is 382 g/mol. The molecule has 1 atom stereocenters. The highest BCUT2D eigenvalue weighted by molar-refractivity contribution is 5.98. The summed E-state index contributed by atoms with van der Waals surface area (Å²) in [5.74, 6) is 0.797. The summed E-state index contributed by atoms with van der Waals surface area (Å²) in [5, 5.41) is 0. The Morgan fingerprint density at radius 2 is 1.71 bits per heavy atom. The van der Waals surface area contributed by atoms with Gasteiger partial charge in [-0.25, -0.2) is 0 Å². The Morgan fingerprint density at radius 3 is 2.50 bits per heavy atom. The lowest BCUT2D eigenvalue weighted by Gasteiger charge is -2.37. The van der Waals surface area contributed by atoms with Gasteiger partial charge < -0.3 is 24.0 Å². The van der Waals surface area contributed by atoms with Gasteiger partial charge in [0.2, 0.25) is 0 Å². The van der Waals surface area contributed by atoms with E-state index in [1.54, 1.807) is 28.0 Å². The number of ether oxygens (including phenoxy) is 3. The zero-order valence-corrected chi connectivity index (χ0v) is 15.5. The van der Waals surface area contributed by atoms with Crippen LogP contribution in [-0.2, 0) is 14.3 Å². The first-order chi connectivity index (χ1) is 13.7. The van der Waals surface area contributed by atoms with Gasteiger partial charge in [0.25, 0.3) is 11.8 Å². The van der Waals surface area contributed by atoms with E-state index < -0.39 is 6.10 Å². The summed E-state index contributed by atoms with van der Waals surface area (Å²) in [7, 11) is 0. The summed E-state index contributed by atoms with van der Waals surface area (Å²) < 4.78 is 16.8. The van der Waals surface area contributed by atoms with Crippen molar-refractivity contribution in [3.05, 3.63) is 54.6 Å². The second-order valence-electron chi connectivity index (χ2n) is 6.62. The van der Waals surface area contributed by atoms with Crippen LogP contribution in [0.4, 0.5) is 5.69 Å². The minimum Gasteiger partial charge on any atom is -0.484 e. The molecule has 0 aromatic heterocycles. The van der Waals surface area contributed by atoms with Gasteiger partial charge in [0.05, 0.1) is 25.4 Å².